The molecule has 0 aromatic carbocycles. The van der Waals surface area contributed by atoms with E-state index in [2.05, 4.69) is 33.9 Å². The zero-order chi connectivity index (χ0) is 25.3. The zero-order valence-corrected chi connectivity index (χ0v) is 22.8. The SMILES string of the molecule is CC(C)(C)OC(=O)[C@H]1CC(CO[Si](C)(C)C(C)(C)C)[C@H](C(O)CO)N1C(=O)OC(C)(C)C. The molecule has 0 aliphatic carbocycles. The van der Waals surface area contributed by atoms with Crippen LogP contribution in [0.2, 0.25) is 18.1 Å². The van der Waals surface area contributed by atoms with Crippen molar-refractivity contribution in [2.75, 3.05) is 13.2 Å². The number of carbonyl (C=O) groups excluding carboxylic acids is 2. The number of esters is 1. The van der Waals surface area contributed by atoms with Crippen LogP contribution in [0.15, 0.2) is 0 Å². The molecule has 2 N–H and O–H groups in total. The molecule has 9 heteroatoms. The van der Waals surface area contributed by atoms with Gasteiger partial charge in [0.2, 0.25) is 0 Å². The molecule has 4 atom stereocenters. The van der Waals surface area contributed by atoms with Gasteiger partial charge in [0.15, 0.2) is 8.32 Å². The van der Waals surface area contributed by atoms with Crippen LogP contribution in [0.5, 0.6) is 0 Å². The van der Waals surface area contributed by atoms with Crippen molar-refractivity contribution in [3.05, 3.63) is 0 Å². The van der Waals surface area contributed by atoms with Gasteiger partial charge in [0, 0.05) is 12.5 Å². The van der Waals surface area contributed by atoms with Gasteiger partial charge in [0.25, 0.3) is 0 Å². The van der Waals surface area contributed by atoms with Crippen LogP contribution in [0.3, 0.4) is 0 Å². The Morgan fingerprint density at radius 3 is 1.91 bits per heavy atom. The minimum Gasteiger partial charge on any atom is -0.458 e. The second-order valence-electron chi connectivity index (χ2n) is 12.2. The molecule has 0 saturated carbocycles. The summed E-state index contributed by atoms with van der Waals surface area (Å²) in [7, 11) is -2.12. The van der Waals surface area contributed by atoms with E-state index in [9.17, 15) is 19.8 Å². The van der Waals surface area contributed by atoms with Crippen LogP contribution < -0.4 is 0 Å². The lowest BCUT2D eigenvalue weighted by atomic mass is 9.96. The lowest BCUT2D eigenvalue weighted by Gasteiger charge is -2.38. The Balaban J connectivity index is 3.32. The molecule has 32 heavy (non-hydrogen) atoms. The predicted octanol–water partition coefficient (Wildman–Crippen LogP) is 3.70. The maximum atomic E-state index is 13.1. The van der Waals surface area contributed by atoms with E-state index in [1.807, 2.05) is 0 Å². The van der Waals surface area contributed by atoms with Crippen molar-refractivity contribution >= 4 is 20.4 Å². The molecule has 0 aromatic rings. The normalized spacial score (nSPS) is 23.8. The number of aliphatic hydroxyl groups excluding tert-OH is 2. The van der Waals surface area contributed by atoms with Crippen molar-refractivity contribution < 1.29 is 33.7 Å². The van der Waals surface area contributed by atoms with Crippen molar-refractivity contribution in [2.24, 2.45) is 5.92 Å². The number of hydrogen-bond donors (Lipinski definition) is 2. The fourth-order valence-electron chi connectivity index (χ4n) is 3.42. The van der Waals surface area contributed by atoms with Crippen molar-refractivity contribution in [1.82, 2.24) is 4.90 Å². The maximum absolute atomic E-state index is 13.1. The topological polar surface area (TPSA) is 106 Å². The van der Waals surface area contributed by atoms with E-state index in [1.165, 1.54) is 4.90 Å². The Kier molecular flexibility index (Phi) is 9.01. The molecule has 0 radical (unpaired) electrons. The number of rotatable bonds is 6. The summed E-state index contributed by atoms with van der Waals surface area (Å²) in [5, 5.41) is 20.4. The summed E-state index contributed by atoms with van der Waals surface area (Å²) >= 11 is 0. The molecular weight excluding hydrogens is 430 g/mol. The van der Waals surface area contributed by atoms with Gasteiger partial charge in [-0.05, 0) is 66.1 Å². The van der Waals surface area contributed by atoms with E-state index >= 15 is 0 Å². The first-order chi connectivity index (χ1) is 14.2. The molecule has 1 aliphatic rings. The second-order valence-corrected chi connectivity index (χ2v) is 17.1. The van der Waals surface area contributed by atoms with Gasteiger partial charge in [0.1, 0.15) is 17.2 Å². The third kappa shape index (κ3) is 7.71. The van der Waals surface area contributed by atoms with Crippen LogP contribution in [-0.4, -0.2) is 78.1 Å². The van der Waals surface area contributed by atoms with Crippen molar-refractivity contribution in [3.8, 4) is 0 Å². The third-order valence-corrected chi connectivity index (χ3v) is 10.5. The van der Waals surface area contributed by atoms with Crippen molar-refractivity contribution in [1.29, 1.82) is 0 Å². The lowest BCUT2D eigenvalue weighted by Crippen LogP contribution is -2.54. The van der Waals surface area contributed by atoms with Gasteiger partial charge in [-0.25, -0.2) is 9.59 Å². The minimum absolute atomic E-state index is 0.0217. The summed E-state index contributed by atoms with van der Waals surface area (Å²) < 4.78 is 17.5. The number of nitrogens with zero attached hydrogens (tertiary/aromatic N) is 1. The zero-order valence-electron chi connectivity index (χ0n) is 21.8. The van der Waals surface area contributed by atoms with E-state index in [-0.39, 0.29) is 24.0 Å². The highest BCUT2D eigenvalue weighted by Crippen LogP contribution is 2.40. The van der Waals surface area contributed by atoms with Crippen LogP contribution >= 0.6 is 0 Å². The molecule has 0 bridgehead atoms. The van der Waals surface area contributed by atoms with E-state index in [4.69, 9.17) is 13.9 Å². The van der Waals surface area contributed by atoms with Crippen LogP contribution in [0.25, 0.3) is 0 Å². The van der Waals surface area contributed by atoms with Crippen LogP contribution in [0.1, 0.15) is 68.7 Å². The molecule has 2 unspecified atom stereocenters. The number of likely N-dealkylation sites (tertiary alicyclic amines) is 1. The van der Waals surface area contributed by atoms with Gasteiger partial charge in [-0.3, -0.25) is 4.90 Å². The van der Waals surface area contributed by atoms with Crippen LogP contribution in [-0.2, 0) is 18.7 Å². The summed E-state index contributed by atoms with van der Waals surface area (Å²) in [6, 6.07) is -1.78. The lowest BCUT2D eigenvalue weighted by molar-refractivity contribution is -0.161. The number of ether oxygens (including phenoxy) is 2. The monoisotopic (exact) mass is 475 g/mol. The summed E-state index contributed by atoms with van der Waals surface area (Å²) in [4.78, 5) is 27.5. The first-order valence-electron chi connectivity index (χ1n) is 11.4. The Hall–Kier alpha value is -1.16. The molecule has 0 aromatic heterocycles. The van der Waals surface area contributed by atoms with Gasteiger partial charge in [-0.1, -0.05) is 20.8 Å². The molecule has 1 heterocycles. The first-order valence-corrected chi connectivity index (χ1v) is 14.3. The number of carbonyl (C=O) groups is 2. The molecule has 1 amide bonds. The molecule has 8 nitrogen and oxygen atoms in total. The highest BCUT2D eigenvalue weighted by molar-refractivity contribution is 6.74. The van der Waals surface area contributed by atoms with E-state index in [1.54, 1.807) is 41.5 Å². The average molecular weight is 476 g/mol. The summed E-state index contributed by atoms with van der Waals surface area (Å²) in [5.74, 6) is -0.926. The predicted molar refractivity (Wildman–Crippen MR) is 126 cm³/mol. The first kappa shape index (κ1) is 28.9. The van der Waals surface area contributed by atoms with E-state index in [0.29, 0.717) is 0 Å². The molecule has 188 valence electrons. The van der Waals surface area contributed by atoms with Gasteiger partial charge >= 0.3 is 12.1 Å². The second kappa shape index (κ2) is 9.99. The van der Waals surface area contributed by atoms with Crippen molar-refractivity contribution in [3.63, 3.8) is 0 Å². The number of aliphatic hydroxyl groups is 2. The fourth-order valence-corrected chi connectivity index (χ4v) is 4.49. The Morgan fingerprint density at radius 1 is 1.00 bits per heavy atom. The molecular formula is C23H45NO7Si. The van der Waals surface area contributed by atoms with E-state index < -0.39 is 56.4 Å². The maximum Gasteiger partial charge on any atom is 0.411 e. The summed E-state index contributed by atoms with van der Waals surface area (Å²) in [5.41, 5.74) is -1.53. The number of amides is 1. The third-order valence-electron chi connectivity index (χ3n) is 5.99. The Morgan fingerprint density at radius 2 is 1.50 bits per heavy atom. The quantitative estimate of drug-likeness (QED) is 0.446. The van der Waals surface area contributed by atoms with Gasteiger partial charge in [-0.2, -0.15) is 0 Å². The largest absolute Gasteiger partial charge is 0.458 e. The highest BCUT2D eigenvalue weighted by atomic mass is 28.4. The van der Waals surface area contributed by atoms with Crippen molar-refractivity contribution in [2.45, 2.75) is 116 Å². The fraction of sp³-hybridized carbons (Fsp3) is 0.913. The molecule has 1 saturated heterocycles. The smallest absolute Gasteiger partial charge is 0.411 e. The number of hydrogen-bond acceptors (Lipinski definition) is 7. The molecule has 1 fully saturated rings. The molecule has 0 spiro atoms. The van der Waals surface area contributed by atoms with Gasteiger partial charge in [-0.15, -0.1) is 0 Å². The van der Waals surface area contributed by atoms with Gasteiger partial charge < -0.3 is 24.1 Å². The molecule has 1 aliphatic heterocycles. The van der Waals surface area contributed by atoms with E-state index in [0.717, 1.165) is 0 Å². The van der Waals surface area contributed by atoms with Crippen LogP contribution in [0.4, 0.5) is 4.79 Å². The van der Waals surface area contributed by atoms with Gasteiger partial charge in [0.05, 0.1) is 18.8 Å². The Labute approximate surface area is 194 Å². The summed E-state index contributed by atoms with van der Waals surface area (Å²) in [6.45, 7) is 20.8. The highest BCUT2D eigenvalue weighted by Gasteiger charge is 2.53. The average Bonchev–Trinajstić information content (AvgIpc) is 2.95. The molecule has 1 rings (SSSR count). The standard InChI is InChI=1S/C23H45NO7Si/c1-21(2,3)30-19(27)16-12-15(14-29-32(10,11)23(7,8)9)18(17(26)13-25)24(16)20(28)31-22(4,5)6/h15-18,25-26H,12-14H2,1-11H3/t15?,16-,17?,18-/m1/s1. The summed E-state index contributed by atoms with van der Waals surface area (Å²) in [6.07, 6.45) is -1.71. The Bertz CT molecular complexity index is 661. The minimum atomic E-state index is -2.12. The van der Waals surface area contributed by atoms with Crippen LogP contribution in [0, 0.1) is 5.92 Å².